The molecule has 1 aromatic carbocycles. The highest BCUT2D eigenvalue weighted by Crippen LogP contribution is 2.28. The number of nitrogens with one attached hydrogen (secondary N) is 1. The molecule has 1 saturated heterocycles. The summed E-state index contributed by atoms with van der Waals surface area (Å²) in [5, 5.41) is 3.29. The third-order valence-electron chi connectivity index (χ3n) is 4.07. The third kappa shape index (κ3) is 3.64. The summed E-state index contributed by atoms with van der Waals surface area (Å²) < 4.78 is 10.6. The zero-order chi connectivity index (χ0) is 14.4. The van der Waals surface area contributed by atoms with E-state index < -0.39 is 0 Å². The van der Waals surface area contributed by atoms with E-state index in [2.05, 4.69) is 22.3 Å². The van der Waals surface area contributed by atoms with E-state index in [9.17, 15) is 0 Å². The fourth-order valence-corrected chi connectivity index (χ4v) is 2.97. The van der Waals surface area contributed by atoms with Crippen LogP contribution in [-0.2, 0) is 6.42 Å². The number of nitrogens with zero attached hydrogens (tertiary/aromatic N) is 1. The van der Waals surface area contributed by atoms with Crippen LogP contribution in [0.15, 0.2) is 18.2 Å². The largest absolute Gasteiger partial charge is 0.493 e. The molecule has 4 nitrogen and oxygen atoms in total. The number of benzene rings is 1. The monoisotopic (exact) mass is 278 g/mol. The number of rotatable bonds is 7. The summed E-state index contributed by atoms with van der Waals surface area (Å²) in [5.41, 5.74) is 1.30. The maximum Gasteiger partial charge on any atom is 0.160 e. The Morgan fingerprint density at radius 1 is 1.25 bits per heavy atom. The topological polar surface area (TPSA) is 33.7 Å². The Morgan fingerprint density at radius 2 is 2.05 bits per heavy atom. The minimum Gasteiger partial charge on any atom is -0.493 e. The second kappa shape index (κ2) is 7.50. The van der Waals surface area contributed by atoms with Crippen LogP contribution in [-0.4, -0.2) is 51.8 Å². The Bertz CT molecular complexity index is 423. The Kier molecular flexibility index (Phi) is 5.68. The lowest BCUT2D eigenvalue weighted by Crippen LogP contribution is -2.37. The second-order valence-corrected chi connectivity index (χ2v) is 5.33. The predicted octanol–water partition coefficient (Wildman–Crippen LogP) is 1.93. The van der Waals surface area contributed by atoms with Crippen molar-refractivity contribution in [1.82, 2.24) is 10.2 Å². The van der Waals surface area contributed by atoms with Crippen molar-refractivity contribution in [2.24, 2.45) is 0 Å². The molecule has 0 saturated carbocycles. The van der Waals surface area contributed by atoms with Crippen LogP contribution in [0.25, 0.3) is 0 Å². The number of hydrogen-bond donors (Lipinski definition) is 1. The summed E-state index contributed by atoms with van der Waals surface area (Å²) in [6.07, 6.45) is 3.69. The number of likely N-dealkylation sites (N-methyl/N-ethyl adjacent to an activating group) is 1. The van der Waals surface area contributed by atoms with Gasteiger partial charge in [-0.05, 0) is 50.6 Å². The maximum absolute atomic E-state index is 5.36. The van der Waals surface area contributed by atoms with Crippen molar-refractivity contribution in [3.8, 4) is 11.5 Å². The van der Waals surface area contributed by atoms with Gasteiger partial charge in [-0.25, -0.2) is 0 Å². The standard InChI is InChI=1S/C16H26N2O2/c1-17-12-14-5-4-9-18(14)10-8-13-6-7-15(19-2)16(11-13)20-3/h6-7,11,14,17H,4-5,8-10,12H2,1-3H3. The SMILES string of the molecule is CNCC1CCCN1CCc1ccc(OC)c(OC)c1. The molecule has 1 aromatic rings. The minimum atomic E-state index is 0.695. The highest BCUT2D eigenvalue weighted by atomic mass is 16.5. The fourth-order valence-electron chi connectivity index (χ4n) is 2.97. The molecule has 2 rings (SSSR count). The van der Waals surface area contributed by atoms with Crippen LogP contribution < -0.4 is 14.8 Å². The van der Waals surface area contributed by atoms with Gasteiger partial charge in [0.1, 0.15) is 0 Å². The van der Waals surface area contributed by atoms with Crippen LogP contribution in [0.2, 0.25) is 0 Å². The van der Waals surface area contributed by atoms with Gasteiger partial charge in [0.2, 0.25) is 0 Å². The minimum absolute atomic E-state index is 0.695. The van der Waals surface area contributed by atoms with Gasteiger partial charge in [-0.1, -0.05) is 6.07 Å². The Hall–Kier alpha value is -1.26. The number of likely N-dealkylation sites (tertiary alicyclic amines) is 1. The van der Waals surface area contributed by atoms with E-state index in [4.69, 9.17) is 9.47 Å². The molecular weight excluding hydrogens is 252 g/mol. The van der Waals surface area contributed by atoms with Crippen molar-refractivity contribution in [2.45, 2.75) is 25.3 Å². The molecule has 112 valence electrons. The van der Waals surface area contributed by atoms with Gasteiger partial charge in [0.25, 0.3) is 0 Å². The normalized spacial score (nSPS) is 19.2. The first kappa shape index (κ1) is 15.1. The van der Waals surface area contributed by atoms with Crippen LogP contribution in [0.5, 0.6) is 11.5 Å². The summed E-state index contributed by atoms with van der Waals surface area (Å²) in [4.78, 5) is 2.59. The molecule has 1 N–H and O–H groups in total. The Balaban J connectivity index is 1.93. The molecule has 1 unspecified atom stereocenters. The van der Waals surface area contributed by atoms with E-state index in [0.717, 1.165) is 31.0 Å². The highest BCUT2D eigenvalue weighted by Gasteiger charge is 2.23. The smallest absolute Gasteiger partial charge is 0.160 e. The van der Waals surface area contributed by atoms with Crippen LogP contribution in [0.4, 0.5) is 0 Å². The molecular formula is C16H26N2O2. The first-order chi connectivity index (χ1) is 9.78. The zero-order valence-electron chi connectivity index (χ0n) is 12.8. The number of hydrogen-bond acceptors (Lipinski definition) is 4. The summed E-state index contributed by atoms with van der Waals surface area (Å²) in [6.45, 7) is 3.42. The van der Waals surface area contributed by atoms with Gasteiger partial charge in [-0.2, -0.15) is 0 Å². The predicted molar refractivity (Wildman–Crippen MR) is 81.8 cm³/mol. The van der Waals surface area contributed by atoms with E-state index in [-0.39, 0.29) is 0 Å². The molecule has 0 bridgehead atoms. The van der Waals surface area contributed by atoms with Gasteiger partial charge < -0.3 is 14.8 Å². The first-order valence-electron chi connectivity index (χ1n) is 7.38. The summed E-state index contributed by atoms with van der Waals surface area (Å²) >= 11 is 0. The molecule has 1 fully saturated rings. The van der Waals surface area contributed by atoms with E-state index in [0.29, 0.717) is 6.04 Å². The van der Waals surface area contributed by atoms with Crippen LogP contribution in [0.1, 0.15) is 18.4 Å². The summed E-state index contributed by atoms with van der Waals surface area (Å²) in [5.74, 6) is 1.61. The van der Waals surface area contributed by atoms with Crippen molar-refractivity contribution in [2.75, 3.05) is 40.9 Å². The molecule has 1 aliphatic rings. The van der Waals surface area contributed by atoms with Crippen molar-refractivity contribution >= 4 is 0 Å². The van der Waals surface area contributed by atoms with Gasteiger partial charge in [-0.15, -0.1) is 0 Å². The molecule has 0 spiro atoms. The maximum atomic E-state index is 5.36. The van der Waals surface area contributed by atoms with E-state index in [1.54, 1.807) is 14.2 Å². The Labute approximate surface area is 122 Å². The molecule has 0 radical (unpaired) electrons. The van der Waals surface area contributed by atoms with Crippen molar-refractivity contribution in [3.05, 3.63) is 23.8 Å². The van der Waals surface area contributed by atoms with Gasteiger partial charge in [0.15, 0.2) is 11.5 Å². The number of methoxy groups -OCH3 is 2. The van der Waals surface area contributed by atoms with Crippen LogP contribution in [0, 0.1) is 0 Å². The molecule has 1 aliphatic heterocycles. The van der Waals surface area contributed by atoms with E-state index in [1.807, 2.05) is 13.1 Å². The molecule has 0 amide bonds. The molecule has 1 atom stereocenters. The zero-order valence-corrected chi connectivity index (χ0v) is 12.8. The van der Waals surface area contributed by atoms with Crippen molar-refractivity contribution in [1.29, 1.82) is 0 Å². The summed E-state index contributed by atoms with van der Waals surface area (Å²) in [6, 6.07) is 6.90. The quantitative estimate of drug-likeness (QED) is 0.826. The average molecular weight is 278 g/mol. The van der Waals surface area contributed by atoms with Crippen molar-refractivity contribution < 1.29 is 9.47 Å². The molecule has 0 aromatic heterocycles. The average Bonchev–Trinajstić information content (AvgIpc) is 2.92. The molecule has 0 aliphatic carbocycles. The Morgan fingerprint density at radius 3 is 2.75 bits per heavy atom. The van der Waals surface area contributed by atoms with Crippen molar-refractivity contribution in [3.63, 3.8) is 0 Å². The third-order valence-corrected chi connectivity index (χ3v) is 4.07. The number of ether oxygens (including phenoxy) is 2. The van der Waals surface area contributed by atoms with Gasteiger partial charge >= 0.3 is 0 Å². The second-order valence-electron chi connectivity index (χ2n) is 5.33. The lowest BCUT2D eigenvalue weighted by atomic mass is 10.1. The highest BCUT2D eigenvalue weighted by molar-refractivity contribution is 5.42. The lowest BCUT2D eigenvalue weighted by molar-refractivity contribution is 0.253. The van der Waals surface area contributed by atoms with Gasteiger partial charge in [0.05, 0.1) is 14.2 Å². The van der Waals surface area contributed by atoms with Crippen LogP contribution >= 0.6 is 0 Å². The lowest BCUT2D eigenvalue weighted by Gasteiger charge is -2.24. The first-order valence-corrected chi connectivity index (χ1v) is 7.38. The van der Waals surface area contributed by atoms with E-state index >= 15 is 0 Å². The molecule has 4 heteroatoms. The molecule has 20 heavy (non-hydrogen) atoms. The molecule has 1 heterocycles. The van der Waals surface area contributed by atoms with Gasteiger partial charge in [0, 0.05) is 19.1 Å². The fraction of sp³-hybridized carbons (Fsp3) is 0.625. The summed E-state index contributed by atoms with van der Waals surface area (Å²) in [7, 11) is 5.39. The van der Waals surface area contributed by atoms with E-state index in [1.165, 1.54) is 24.9 Å². The van der Waals surface area contributed by atoms with Gasteiger partial charge in [-0.3, -0.25) is 4.90 Å². The van der Waals surface area contributed by atoms with Crippen LogP contribution in [0.3, 0.4) is 0 Å².